The predicted molar refractivity (Wildman–Crippen MR) is 134 cm³/mol. The SMILES string of the molecule is CCCN1C(=O)S/C(=C/c2ccc(N(CC)CC)cc2OCc2ccc(Cl)cc2Cl)C1=O. The highest BCUT2D eigenvalue weighted by molar-refractivity contribution is 8.18. The molecule has 0 aliphatic carbocycles. The zero-order valence-electron chi connectivity index (χ0n) is 18.4. The van der Waals surface area contributed by atoms with Crippen molar-refractivity contribution in [3.63, 3.8) is 0 Å². The van der Waals surface area contributed by atoms with Crippen LogP contribution in [-0.2, 0) is 11.4 Å². The number of amides is 2. The maximum Gasteiger partial charge on any atom is 0.293 e. The van der Waals surface area contributed by atoms with E-state index in [-0.39, 0.29) is 17.8 Å². The Morgan fingerprint density at radius 3 is 2.47 bits per heavy atom. The van der Waals surface area contributed by atoms with Crippen LogP contribution in [0.4, 0.5) is 10.5 Å². The summed E-state index contributed by atoms with van der Waals surface area (Å²) in [7, 11) is 0. The Balaban J connectivity index is 1.94. The first-order valence-corrected chi connectivity index (χ1v) is 12.2. The Kier molecular flexibility index (Phi) is 8.51. The summed E-state index contributed by atoms with van der Waals surface area (Å²) in [5.74, 6) is 0.351. The Labute approximate surface area is 203 Å². The molecule has 8 heteroatoms. The maximum atomic E-state index is 12.7. The maximum absolute atomic E-state index is 12.7. The Morgan fingerprint density at radius 2 is 1.81 bits per heavy atom. The highest BCUT2D eigenvalue weighted by Gasteiger charge is 2.34. The predicted octanol–water partition coefficient (Wildman–Crippen LogP) is 6.86. The molecule has 32 heavy (non-hydrogen) atoms. The molecule has 170 valence electrons. The monoisotopic (exact) mass is 492 g/mol. The van der Waals surface area contributed by atoms with Gasteiger partial charge in [-0.25, -0.2) is 0 Å². The van der Waals surface area contributed by atoms with Gasteiger partial charge in [-0.2, -0.15) is 0 Å². The van der Waals surface area contributed by atoms with Crippen molar-refractivity contribution in [2.24, 2.45) is 0 Å². The minimum absolute atomic E-state index is 0.238. The number of ether oxygens (including phenoxy) is 1. The summed E-state index contributed by atoms with van der Waals surface area (Å²) in [6.45, 7) is 8.50. The number of anilines is 1. The van der Waals surface area contributed by atoms with Crippen molar-refractivity contribution in [1.82, 2.24) is 4.90 Å². The smallest absolute Gasteiger partial charge is 0.293 e. The van der Waals surface area contributed by atoms with Crippen LogP contribution in [0.3, 0.4) is 0 Å². The number of imide groups is 1. The van der Waals surface area contributed by atoms with Crippen molar-refractivity contribution >= 4 is 57.9 Å². The molecule has 2 aromatic carbocycles. The van der Waals surface area contributed by atoms with Gasteiger partial charge in [0, 0.05) is 52.6 Å². The van der Waals surface area contributed by atoms with E-state index in [9.17, 15) is 9.59 Å². The van der Waals surface area contributed by atoms with Gasteiger partial charge in [-0.05, 0) is 62.4 Å². The van der Waals surface area contributed by atoms with Crippen molar-refractivity contribution in [3.8, 4) is 5.75 Å². The first kappa shape index (κ1) is 24.5. The van der Waals surface area contributed by atoms with E-state index >= 15 is 0 Å². The summed E-state index contributed by atoms with van der Waals surface area (Å²) in [6, 6.07) is 11.1. The van der Waals surface area contributed by atoms with Crippen LogP contribution < -0.4 is 9.64 Å². The second-order valence-corrected chi connectivity index (χ2v) is 9.09. The number of halogens is 2. The topological polar surface area (TPSA) is 49.9 Å². The van der Waals surface area contributed by atoms with Crippen LogP contribution >= 0.6 is 35.0 Å². The van der Waals surface area contributed by atoms with Gasteiger partial charge in [0.1, 0.15) is 12.4 Å². The molecule has 0 saturated carbocycles. The molecular formula is C24H26Cl2N2O3S. The van der Waals surface area contributed by atoms with Crippen LogP contribution in [0.15, 0.2) is 41.3 Å². The highest BCUT2D eigenvalue weighted by Crippen LogP contribution is 2.36. The molecule has 0 unspecified atom stereocenters. The third kappa shape index (κ3) is 5.61. The van der Waals surface area contributed by atoms with Gasteiger partial charge < -0.3 is 9.64 Å². The zero-order chi connectivity index (χ0) is 23.3. The van der Waals surface area contributed by atoms with Gasteiger partial charge in [-0.3, -0.25) is 14.5 Å². The van der Waals surface area contributed by atoms with Gasteiger partial charge in [0.2, 0.25) is 0 Å². The van der Waals surface area contributed by atoms with Crippen molar-refractivity contribution < 1.29 is 14.3 Å². The number of thioether (sulfide) groups is 1. The van der Waals surface area contributed by atoms with Crippen molar-refractivity contribution in [2.75, 3.05) is 24.5 Å². The van der Waals surface area contributed by atoms with Crippen molar-refractivity contribution in [1.29, 1.82) is 0 Å². The van der Waals surface area contributed by atoms with E-state index in [1.54, 1.807) is 18.2 Å². The molecule has 1 saturated heterocycles. The first-order chi connectivity index (χ1) is 15.4. The Morgan fingerprint density at radius 1 is 1.06 bits per heavy atom. The molecule has 0 radical (unpaired) electrons. The summed E-state index contributed by atoms with van der Waals surface area (Å²) in [4.78, 5) is 28.8. The standard InChI is InChI=1S/C24H26Cl2N2O3S/c1-4-11-28-23(29)22(32-24(28)30)12-16-8-10-19(27(5-2)6-3)14-21(16)31-15-17-7-9-18(25)13-20(17)26/h7-10,12-14H,4-6,11,15H2,1-3H3/b22-12+. The molecule has 0 aromatic heterocycles. The summed E-state index contributed by atoms with van der Waals surface area (Å²) in [5, 5.41) is 0.851. The molecule has 1 fully saturated rings. The molecule has 0 spiro atoms. The quantitative estimate of drug-likeness (QED) is 0.357. The number of nitrogens with zero attached hydrogens (tertiary/aromatic N) is 2. The molecule has 1 heterocycles. The van der Waals surface area contributed by atoms with Crippen LogP contribution in [-0.4, -0.2) is 35.7 Å². The van der Waals surface area contributed by atoms with E-state index in [1.165, 1.54) is 4.90 Å². The zero-order valence-corrected chi connectivity index (χ0v) is 20.7. The van der Waals surface area contributed by atoms with E-state index in [1.807, 2.05) is 31.2 Å². The van der Waals surface area contributed by atoms with Gasteiger partial charge in [0.15, 0.2) is 0 Å². The van der Waals surface area contributed by atoms with Crippen LogP contribution in [0.2, 0.25) is 10.0 Å². The molecule has 1 aliphatic heterocycles. The molecule has 2 amide bonds. The second-order valence-electron chi connectivity index (χ2n) is 7.25. The van der Waals surface area contributed by atoms with E-state index in [0.717, 1.165) is 48.1 Å². The molecule has 2 aromatic rings. The molecule has 3 rings (SSSR count). The second kappa shape index (κ2) is 11.1. The number of hydrogen-bond donors (Lipinski definition) is 0. The van der Waals surface area contributed by atoms with Crippen molar-refractivity contribution in [2.45, 2.75) is 33.8 Å². The molecule has 0 N–H and O–H groups in total. The minimum Gasteiger partial charge on any atom is -0.488 e. The fourth-order valence-corrected chi connectivity index (χ4v) is 4.72. The summed E-state index contributed by atoms with van der Waals surface area (Å²) in [6.07, 6.45) is 2.45. The van der Waals surface area contributed by atoms with E-state index in [0.29, 0.717) is 27.2 Å². The fraction of sp³-hybridized carbons (Fsp3) is 0.333. The Bertz CT molecular complexity index is 1040. The van der Waals surface area contributed by atoms with Crippen LogP contribution in [0.1, 0.15) is 38.3 Å². The molecular weight excluding hydrogens is 467 g/mol. The summed E-state index contributed by atoms with van der Waals surface area (Å²) >= 11 is 13.3. The van der Waals surface area contributed by atoms with Gasteiger partial charge >= 0.3 is 0 Å². The van der Waals surface area contributed by atoms with Gasteiger partial charge in [-0.15, -0.1) is 0 Å². The third-order valence-corrected chi connectivity index (χ3v) is 6.63. The lowest BCUT2D eigenvalue weighted by molar-refractivity contribution is -0.122. The van der Waals surface area contributed by atoms with Crippen LogP contribution in [0.25, 0.3) is 6.08 Å². The highest BCUT2D eigenvalue weighted by atomic mass is 35.5. The average Bonchev–Trinajstić information content (AvgIpc) is 3.03. The van der Waals surface area contributed by atoms with Crippen LogP contribution in [0.5, 0.6) is 5.75 Å². The van der Waals surface area contributed by atoms with E-state index in [2.05, 4.69) is 18.7 Å². The van der Waals surface area contributed by atoms with Crippen molar-refractivity contribution in [3.05, 3.63) is 62.5 Å². The van der Waals surface area contributed by atoms with Gasteiger partial charge in [0.25, 0.3) is 11.1 Å². The Hall–Kier alpha value is -2.15. The minimum atomic E-state index is -0.263. The fourth-order valence-electron chi connectivity index (χ4n) is 3.40. The van der Waals surface area contributed by atoms with Gasteiger partial charge in [0.05, 0.1) is 4.91 Å². The number of rotatable bonds is 9. The molecule has 0 atom stereocenters. The van der Waals surface area contributed by atoms with E-state index < -0.39 is 0 Å². The molecule has 0 bridgehead atoms. The number of carbonyl (C=O) groups excluding carboxylic acids is 2. The molecule has 5 nitrogen and oxygen atoms in total. The third-order valence-electron chi connectivity index (χ3n) is 5.13. The lowest BCUT2D eigenvalue weighted by Crippen LogP contribution is -2.28. The van der Waals surface area contributed by atoms with Crippen LogP contribution in [0, 0.1) is 0 Å². The summed E-state index contributed by atoms with van der Waals surface area (Å²) < 4.78 is 6.15. The first-order valence-electron chi connectivity index (χ1n) is 10.6. The van der Waals surface area contributed by atoms with Gasteiger partial charge in [-0.1, -0.05) is 36.2 Å². The average molecular weight is 493 g/mol. The molecule has 1 aliphatic rings. The lowest BCUT2D eigenvalue weighted by Gasteiger charge is -2.22. The van der Waals surface area contributed by atoms with E-state index in [4.69, 9.17) is 27.9 Å². The number of benzene rings is 2. The lowest BCUT2D eigenvalue weighted by atomic mass is 10.1. The number of hydrogen-bond acceptors (Lipinski definition) is 5. The normalized spacial score (nSPS) is 15.0. The summed E-state index contributed by atoms with van der Waals surface area (Å²) in [5.41, 5.74) is 2.55. The number of carbonyl (C=O) groups is 2. The largest absolute Gasteiger partial charge is 0.488 e.